The molecule has 1 unspecified atom stereocenters. The smallest absolute Gasteiger partial charge is 0.418 e. The molecule has 1 aromatic carbocycles. The van der Waals surface area contributed by atoms with Gasteiger partial charge in [-0.3, -0.25) is 0 Å². The van der Waals surface area contributed by atoms with E-state index < -0.39 is 15.8 Å². The molecule has 10 heteroatoms. The van der Waals surface area contributed by atoms with Crippen LogP contribution < -0.4 is 15.4 Å². The third-order valence-corrected chi connectivity index (χ3v) is 6.57. The summed E-state index contributed by atoms with van der Waals surface area (Å²) in [4.78, 5) is 22.1. The van der Waals surface area contributed by atoms with Gasteiger partial charge >= 0.3 is 6.09 Å². The summed E-state index contributed by atoms with van der Waals surface area (Å²) in [5.74, 6) is 4.81. The number of ether oxygens (including phenoxy) is 1. The van der Waals surface area contributed by atoms with Gasteiger partial charge in [-0.2, -0.15) is 4.98 Å². The molecule has 1 atom stereocenters. The molecule has 0 bridgehead atoms. The van der Waals surface area contributed by atoms with E-state index >= 15 is 0 Å². The highest BCUT2D eigenvalue weighted by molar-refractivity contribution is 7.99. The topological polar surface area (TPSA) is 105 Å². The summed E-state index contributed by atoms with van der Waals surface area (Å²) in [6, 6.07) is 10.7. The predicted octanol–water partition coefficient (Wildman–Crippen LogP) is 4.51. The highest BCUT2D eigenvalue weighted by Gasteiger charge is 2.13. The molecule has 164 valence electrons. The number of thiophene rings is 1. The van der Waals surface area contributed by atoms with Crippen LogP contribution in [0.5, 0.6) is 0 Å². The van der Waals surface area contributed by atoms with Crippen molar-refractivity contribution in [2.45, 2.75) is 25.2 Å². The van der Waals surface area contributed by atoms with Crippen LogP contribution >= 0.6 is 11.3 Å². The highest BCUT2D eigenvalue weighted by Crippen LogP contribution is 2.31. The minimum atomic E-state index is -3.01. The number of benzene rings is 1. The number of anilines is 3. The zero-order valence-electron chi connectivity index (χ0n) is 17.4. The lowest BCUT2D eigenvalue weighted by Crippen LogP contribution is -2.30. The third kappa shape index (κ3) is 5.96. The standard InChI is InChI=1S/C21H25N5O3S2/c1-4-12-22-19-17(18-7-6-13-30-18)14-23-20(25-19)24-15-8-10-16(11-9-15)31(3,28)26-21(27)29-5-2/h6-11,13-14H,3-5,12H2,1-2H3,(H,26,27,28)(H2,22,23,24,25). The second kappa shape index (κ2) is 10.3. The van der Waals surface area contributed by atoms with Gasteiger partial charge in [-0.15, -0.1) is 11.3 Å². The van der Waals surface area contributed by atoms with E-state index in [1.54, 1.807) is 48.7 Å². The fraction of sp³-hybridized carbons (Fsp3) is 0.238. The molecule has 2 aromatic heterocycles. The van der Waals surface area contributed by atoms with Crippen molar-refractivity contribution in [3.63, 3.8) is 0 Å². The monoisotopic (exact) mass is 459 g/mol. The summed E-state index contributed by atoms with van der Waals surface area (Å²) in [5.41, 5.74) is 1.66. The molecule has 0 saturated heterocycles. The quantitative estimate of drug-likeness (QED) is 0.404. The molecule has 0 radical (unpaired) electrons. The van der Waals surface area contributed by atoms with E-state index in [0.29, 0.717) is 16.5 Å². The molecule has 0 saturated carbocycles. The Morgan fingerprint density at radius 1 is 1.23 bits per heavy atom. The largest absolute Gasteiger partial charge is 0.449 e. The highest BCUT2D eigenvalue weighted by atomic mass is 32.2. The van der Waals surface area contributed by atoms with Crippen molar-refractivity contribution in [2.75, 3.05) is 23.8 Å². The molecule has 0 aliphatic carbocycles. The summed E-state index contributed by atoms with van der Waals surface area (Å²) >= 11 is 1.63. The van der Waals surface area contributed by atoms with Crippen molar-refractivity contribution in [3.8, 4) is 10.4 Å². The van der Waals surface area contributed by atoms with E-state index in [1.165, 1.54) is 0 Å². The molecule has 31 heavy (non-hydrogen) atoms. The average Bonchev–Trinajstić information content (AvgIpc) is 3.27. The van der Waals surface area contributed by atoms with Crippen molar-refractivity contribution in [2.24, 2.45) is 0 Å². The summed E-state index contributed by atoms with van der Waals surface area (Å²) in [6.45, 7) is 4.75. The van der Waals surface area contributed by atoms with Crippen LogP contribution in [0.25, 0.3) is 10.4 Å². The van der Waals surface area contributed by atoms with Gasteiger partial charge in [0, 0.05) is 28.2 Å². The molecule has 3 N–H and O–H groups in total. The van der Waals surface area contributed by atoms with Crippen molar-refractivity contribution in [3.05, 3.63) is 48.0 Å². The van der Waals surface area contributed by atoms with Gasteiger partial charge in [0.25, 0.3) is 0 Å². The van der Waals surface area contributed by atoms with E-state index in [2.05, 4.69) is 38.1 Å². The zero-order valence-corrected chi connectivity index (χ0v) is 19.0. The Morgan fingerprint density at radius 2 is 2.00 bits per heavy atom. The second-order valence-electron chi connectivity index (χ2n) is 6.51. The van der Waals surface area contributed by atoms with Crippen molar-refractivity contribution in [1.82, 2.24) is 14.7 Å². The van der Waals surface area contributed by atoms with E-state index in [9.17, 15) is 9.00 Å². The maximum Gasteiger partial charge on any atom is 0.418 e. The van der Waals surface area contributed by atoms with E-state index in [0.717, 1.165) is 29.2 Å². The Balaban J connectivity index is 1.77. The third-order valence-electron chi connectivity index (χ3n) is 4.13. The first-order valence-corrected chi connectivity index (χ1v) is 12.4. The molecular formula is C21H25N5O3S2. The number of hydrogen-bond acceptors (Lipinski definition) is 8. The Labute approximate surface area is 186 Å². The number of nitrogens with one attached hydrogen (secondary N) is 3. The van der Waals surface area contributed by atoms with Crippen molar-refractivity contribution < 1.29 is 13.7 Å². The molecule has 0 aliphatic rings. The lowest BCUT2D eigenvalue weighted by Gasteiger charge is -2.13. The molecule has 0 aliphatic heterocycles. The number of amides is 1. The van der Waals surface area contributed by atoms with Crippen molar-refractivity contribution >= 4 is 50.5 Å². The van der Waals surface area contributed by atoms with Crippen LogP contribution in [0.15, 0.2) is 52.9 Å². The zero-order chi connectivity index (χ0) is 22.3. The number of nitrogens with zero attached hydrogens (tertiary/aromatic N) is 2. The normalized spacial score (nSPS) is 12.6. The van der Waals surface area contributed by atoms with Crippen LogP contribution in [0.2, 0.25) is 0 Å². The maximum absolute atomic E-state index is 12.7. The SMILES string of the molecule is C=S(=O)(NC(=O)OCC)c1ccc(Nc2ncc(-c3cccs3)c(NCCC)n2)cc1. The number of aromatic nitrogens is 2. The number of hydrogen-bond donors (Lipinski definition) is 3. The van der Waals surface area contributed by atoms with Gasteiger partial charge in [0.05, 0.1) is 21.9 Å². The van der Waals surface area contributed by atoms with Crippen LogP contribution in [-0.2, 0) is 14.4 Å². The first kappa shape index (κ1) is 22.6. The number of rotatable bonds is 9. The van der Waals surface area contributed by atoms with E-state index in [4.69, 9.17) is 4.74 Å². The predicted molar refractivity (Wildman–Crippen MR) is 128 cm³/mol. The molecule has 8 nitrogen and oxygen atoms in total. The summed E-state index contributed by atoms with van der Waals surface area (Å²) < 4.78 is 19.7. The summed E-state index contributed by atoms with van der Waals surface area (Å²) in [5, 5.41) is 8.52. The van der Waals surface area contributed by atoms with Crippen LogP contribution in [-0.4, -0.2) is 39.3 Å². The van der Waals surface area contributed by atoms with Crippen LogP contribution in [0.4, 0.5) is 22.2 Å². The summed E-state index contributed by atoms with van der Waals surface area (Å²) in [6.07, 6.45) is 2.00. The second-order valence-corrected chi connectivity index (χ2v) is 9.48. The Kier molecular flexibility index (Phi) is 7.48. The maximum atomic E-state index is 12.7. The van der Waals surface area contributed by atoms with Crippen LogP contribution in [0, 0.1) is 0 Å². The Hall–Kier alpha value is -3.11. The molecule has 2 heterocycles. The van der Waals surface area contributed by atoms with E-state index in [-0.39, 0.29) is 6.61 Å². The Bertz CT molecular complexity index is 1110. The first-order chi connectivity index (χ1) is 14.9. The van der Waals surface area contributed by atoms with Gasteiger partial charge in [-0.1, -0.05) is 13.0 Å². The lowest BCUT2D eigenvalue weighted by molar-refractivity contribution is 0.159. The summed E-state index contributed by atoms with van der Waals surface area (Å²) in [7, 11) is -3.01. The minimum absolute atomic E-state index is 0.185. The molecule has 0 fully saturated rings. The number of carbonyl (C=O) groups is 1. The van der Waals surface area contributed by atoms with Gasteiger partial charge < -0.3 is 15.4 Å². The molecule has 3 aromatic rings. The molecule has 0 spiro atoms. The van der Waals surface area contributed by atoms with Crippen LogP contribution in [0.1, 0.15) is 20.3 Å². The van der Waals surface area contributed by atoms with Gasteiger partial charge in [-0.05, 0) is 54.9 Å². The van der Waals surface area contributed by atoms with Gasteiger partial charge in [0.15, 0.2) is 0 Å². The molecular weight excluding hydrogens is 434 g/mol. The lowest BCUT2D eigenvalue weighted by atomic mass is 10.2. The molecule has 1 amide bonds. The number of carbonyl (C=O) groups excluding carboxylic acids is 1. The molecule has 3 rings (SSSR count). The van der Waals surface area contributed by atoms with E-state index in [1.807, 2.05) is 17.5 Å². The average molecular weight is 460 g/mol. The minimum Gasteiger partial charge on any atom is -0.449 e. The fourth-order valence-corrected chi connectivity index (χ4v) is 4.43. The fourth-order valence-electron chi connectivity index (χ4n) is 2.67. The van der Waals surface area contributed by atoms with Crippen LogP contribution in [0.3, 0.4) is 0 Å². The van der Waals surface area contributed by atoms with Gasteiger partial charge in [0.1, 0.15) is 5.82 Å². The van der Waals surface area contributed by atoms with Crippen molar-refractivity contribution in [1.29, 1.82) is 0 Å². The van der Waals surface area contributed by atoms with Gasteiger partial charge in [0.2, 0.25) is 5.95 Å². The first-order valence-electron chi connectivity index (χ1n) is 9.76. The Morgan fingerprint density at radius 3 is 2.65 bits per heavy atom. The van der Waals surface area contributed by atoms with Gasteiger partial charge in [-0.25, -0.2) is 18.7 Å².